The van der Waals surface area contributed by atoms with Crippen LogP contribution in [0.15, 0.2) is 66.7 Å². The zero-order valence-corrected chi connectivity index (χ0v) is 21.7. The van der Waals surface area contributed by atoms with Crippen molar-refractivity contribution in [3.63, 3.8) is 0 Å². The first kappa shape index (κ1) is 25.6. The molecule has 8 nitrogen and oxygen atoms in total. The lowest BCUT2D eigenvalue weighted by atomic mass is 10.1. The molecule has 1 fully saturated rings. The fourth-order valence-corrected chi connectivity index (χ4v) is 4.91. The molecular formula is C29H26F3N7O. The Morgan fingerprint density at radius 3 is 2.35 bits per heavy atom. The van der Waals surface area contributed by atoms with Crippen LogP contribution in [0.25, 0.3) is 28.0 Å². The lowest BCUT2D eigenvalue weighted by Crippen LogP contribution is -2.46. The van der Waals surface area contributed by atoms with Crippen molar-refractivity contribution in [3.05, 3.63) is 89.7 Å². The van der Waals surface area contributed by atoms with Gasteiger partial charge in [0.25, 0.3) is 0 Å². The van der Waals surface area contributed by atoms with Crippen molar-refractivity contribution < 1.29 is 17.9 Å². The van der Waals surface area contributed by atoms with Gasteiger partial charge in [0.2, 0.25) is 5.95 Å². The van der Waals surface area contributed by atoms with E-state index >= 15 is 0 Å². The maximum Gasteiger partial charge on any atom is 0.228 e. The number of nitrogen functional groups attached to an aromatic ring is 1. The number of anilines is 2. The van der Waals surface area contributed by atoms with Gasteiger partial charge < -0.3 is 15.4 Å². The highest BCUT2D eigenvalue weighted by Crippen LogP contribution is 2.34. The first-order valence-corrected chi connectivity index (χ1v) is 12.8. The summed E-state index contributed by atoms with van der Waals surface area (Å²) in [5, 5.41) is 4.76. The van der Waals surface area contributed by atoms with Crippen molar-refractivity contribution in [2.75, 3.05) is 43.9 Å². The Morgan fingerprint density at radius 2 is 1.62 bits per heavy atom. The molecule has 0 spiro atoms. The third-order valence-corrected chi connectivity index (χ3v) is 7.01. The fourth-order valence-electron chi connectivity index (χ4n) is 4.91. The Labute approximate surface area is 228 Å². The van der Waals surface area contributed by atoms with Crippen molar-refractivity contribution in [2.24, 2.45) is 0 Å². The molecule has 40 heavy (non-hydrogen) atoms. The Balaban J connectivity index is 1.35. The number of hydrogen-bond acceptors (Lipinski definition) is 7. The van der Waals surface area contributed by atoms with Crippen LogP contribution in [0.5, 0.6) is 5.75 Å². The number of hydrogen-bond donors (Lipinski definition) is 1. The van der Waals surface area contributed by atoms with Crippen molar-refractivity contribution in [3.8, 4) is 22.7 Å². The van der Waals surface area contributed by atoms with Crippen molar-refractivity contribution in [2.45, 2.75) is 6.54 Å². The SMILES string of the molecule is COc1ccc(CN2CCN(c3nc(-c4cccc(F)c4)c4c(N)n(-c5cc(F)ccc5F)nc4n3)CC2)cc1. The molecule has 1 aliphatic heterocycles. The van der Waals surface area contributed by atoms with E-state index < -0.39 is 17.5 Å². The van der Waals surface area contributed by atoms with E-state index in [2.05, 4.69) is 27.1 Å². The molecular weight excluding hydrogens is 519 g/mol. The van der Waals surface area contributed by atoms with E-state index in [1.807, 2.05) is 17.0 Å². The van der Waals surface area contributed by atoms with E-state index in [0.29, 0.717) is 35.7 Å². The number of benzene rings is 3. The highest BCUT2D eigenvalue weighted by Gasteiger charge is 2.25. The molecule has 3 aromatic carbocycles. The molecule has 11 heteroatoms. The highest BCUT2D eigenvalue weighted by molar-refractivity contribution is 5.99. The summed E-state index contributed by atoms with van der Waals surface area (Å²) in [6.45, 7) is 3.64. The summed E-state index contributed by atoms with van der Waals surface area (Å²) in [7, 11) is 1.64. The molecule has 0 aliphatic carbocycles. The minimum Gasteiger partial charge on any atom is -0.497 e. The standard InChI is InChI=1S/C29H26F3N7O/c1-40-22-8-5-18(6-9-22)17-37-11-13-38(14-12-37)29-34-26(19-3-2-4-20(30)15-19)25-27(33)39(36-28(25)35-29)24-16-21(31)7-10-23(24)32/h2-10,15-16H,11-14,17,33H2,1H3. The van der Waals surface area contributed by atoms with Gasteiger partial charge in [-0.1, -0.05) is 24.3 Å². The second-order valence-electron chi connectivity index (χ2n) is 9.59. The summed E-state index contributed by atoms with van der Waals surface area (Å²) in [6, 6.07) is 17.0. The number of aromatic nitrogens is 4. The average Bonchev–Trinajstić information content (AvgIpc) is 3.30. The number of nitrogens with zero attached hydrogens (tertiary/aromatic N) is 6. The molecule has 6 rings (SSSR count). The molecule has 0 saturated carbocycles. The summed E-state index contributed by atoms with van der Waals surface area (Å²) in [5.41, 5.74) is 8.47. The first-order valence-electron chi connectivity index (χ1n) is 12.8. The van der Waals surface area contributed by atoms with Gasteiger partial charge >= 0.3 is 0 Å². The zero-order valence-electron chi connectivity index (χ0n) is 21.7. The van der Waals surface area contributed by atoms with Gasteiger partial charge in [-0.25, -0.2) is 22.8 Å². The molecule has 0 bridgehead atoms. The first-order chi connectivity index (χ1) is 19.4. The van der Waals surface area contributed by atoms with E-state index in [-0.39, 0.29) is 17.2 Å². The van der Waals surface area contributed by atoms with E-state index in [9.17, 15) is 13.2 Å². The Kier molecular flexibility index (Phi) is 6.72. The molecule has 2 aromatic heterocycles. The molecule has 5 aromatic rings. The highest BCUT2D eigenvalue weighted by atomic mass is 19.1. The largest absolute Gasteiger partial charge is 0.497 e. The zero-order chi connectivity index (χ0) is 27.8. The Morgan fingerprint density at radius 1 is 0.875 bits per heavy atom. The van der Waals surface area contributed by atoms with Crippen LogP contribution in [-0.2, 0) is 6.54 Å². The lowest BCUT2D eigenvalue weighted by molar-refractivity contribution is 0.248. The number of methoxy groups -OCH3 is 1. The normalized spacial score (nSPS) is 14.2. The molecule has 0 amide bonds. The molecule has 2 N–H and O–H groups in total. The fraction of sp³-hybridized carbons (Fsp3) is 0.207. The molecule has 0 unspecified atom stereocenters. The maximum atomic E-state index is 14.7. The topological polar surface area (TPSA) is 85.3 Å². The second-order valence-corrected chi connectivity index (χ2v) is 9.59. The lowest BCUT2D eigenvalue weighted by Gasteiger charge is -2.34. The minimum atomic E-state index is -0.700. The van der Waals surface area contributed by atoms with Crippen molar-refractivity contribution >= 4 is 22.8 Å². The predicted octanol–water partition coefficient (Wildman–Crippen LogP) is 4.81. The van der Waals surface area contributed by atoms with Gasteiger partial charge in [0, 0.05) is 44.4 Å². The van der Waals surface area contributed by atoms with Crippen molar-refractivity contribution in [1.82, 2.24) is 24.6 Å². The number of piperazine rings is 1. The Bertz CT molecular complexity index is 1680. The van der Waals surface area contributed by atoms with Gasteiger partial charge in [-0.15, -0.1) is 5.10 Å². The number of ether oxygens (including phenoxy) is 1. The number of nitrogens with two attached hydrogens (primary N) is 1. The van der Waals surface area contributed by atoms with Gasteiger partial charge in [0.05, 0.1) is 18.2 Å². The van der Waals surface area contributed by atoms with Gasteiger partial charge in [-0.05, 0) is 42.0 Å². The molecule has 0 radical (unpaired) electrons. The van der Waals surface area contributed by atoms with Crippen LogP contribution < -0.4 is 15.4 Å². The maximum absolute atomic E-state index is 14.7. The number of halogens is 3. The van der Waals surface area contributed by atoms with Gasteiger partial charge in [0.1, 0.15) is 34.7 Å². The van der Waals surface area contributed by atoms with Crippen LogP contribution in [0.2, 0.25) is 0 Å². The van der Waals surface area contributed by atoms with E-state index in [0.717, 1.165) is 48.3 Å². The molecule has 204 valence electrons. The summed E-state index contributed by atoms with van der Waals surface area (Å²) in [5.74, 6) is -0.539. The minimum absolute atomic E-state index is 0.0228. The quantitative estimate of drug-likeness (QED) is 0.328. The van der Waals surface area contributed by atoms with Crippen LogP contribution in [0, 0.1) is 17.5 Å². The molecule has 1 saturated heterocycles. The summed E-state index contributed by atoms with van der Waals surface area (Å²) < 4.78 is 49.2. The summed E-state index contributed by atoms with van der Waals surface area (Å²) in [6.07, 6.45) is 0. The smallest absolute Gasteiger partial charge is 0.228 e. The number of rotatable bonds is 6. The summed E-state index contributed by atoms with van der Waals surface area (Å²) in [4.78, 5) is 13.8. The molecule has 3 heterocycles. The van der Waals surface area contributed by atoms with Crippen LogP contribution in [-0.4, -0.2) is 57.9 Å². The van der Waals surface area contributed by atoms with Crippen molar-refractivity contribution in [1.29, 1.82) is 0 Å². The van der Waals surface area contributed by atoms with Gasteiger partial charge in [-0.3, -0.25) is 4.90 Å². The van der Waals surface area contributed by atoms with Gasteiger partial charge in [0.15, 0.2) is 5.65 Å². The Hall–Kier alpha value is -4.64. The molecule has 0 atom stereocenters. The van der Waals surface area contributed by atoms with E-state index in [4.69, 9.17) is 15.5 Å². The average molecular weight is 546 g/mol. The third-order valence-electron chi connectivity index (χ3n) is 7.01. The van der Waals surface area contributed by atoms with E-state index in [1.165, 1.54) is 17.7 Å². The van der Waals surface area contributed by atoms with E-state index in [1.54, 1.807) is 19.2 Å². The second kappa shape index (κ2) is 10.5. The molecule has 1 aliphatic rings. The van der Waals surface area contributed by atoms with Gasteiger partial charge in [-0.2, -0.15) is 4.98 Å². The number of fused-ring (bicyclic) bond motifs is 1. The predicted molar refractivity (Wildman–Crippen MR) is 147 cm³/mol. The summed E-state index contributed by atoms with van der Waals surface area (Å²) >= 11 is 0. The van der Waals surface area contributed by atoms with Crippen LogP contribution in [0.1, 0.15) is 5.56 Å². The van der Waals surface area contributed by atoms with Crippen LogP contribution in [0.4, 0.5) is 24.9 Å². The van der Waals surface area contributed by atoms with Crippen LogP contribution in [0.3, 0.4) is 0 Å². The van der Waals surface area contributed by atoms with Crippen LogP contribution >= 0.6 is 0 Å². The third kappa shape index (κ3) is 4.91. The monoisotopic (exact) mass is 545 g/mol.